The normalized spacial score (nSPS) is 14.4. The smallest absolute Gasteiger partial charge is 0.406 e. The summed E-state index contributed by atoms with van der Waals surface area (Å²) in [4.78, 5) is 9.14. The number of rotatable bonds is 6. The minimum absolute atomic E-state index is 0.269. The number of nitrogens with one attached hydrogen (secondary N) is 2. The van der Waals surface area contributed by atoms with Gasteiger partial charge in [-0.25, -0.2) is 4.98 Å². The summed E-state index contributed by atoms with van der Waals surface area (Å²) in [5.41, 5.74) is 2.70. The second kappa shape index (κ2) is 9.24. The lowest BCUT2D eigenvalue weighted by atomic mass is 10.1. The maximum atomic E-state index is 12.7. The molecular weight excluding hydrogens is 441 g/mol. The molecule has 0 saturated heterocycles. The van der Waals surface area contributed by atoms with Crippen LogP contribution in [0.3, 0.4) is 0 Å². The van der Waals surface area contributed by atoms with Crippen LogP contribution in [0.5, 0.6) is 5.75 Å². The van der Waals surface area contributed by atoms with Crippen molar-refractivity contribution in [3.63, 3.8) is 0 Å². The Labute approximate surface area is 189 Å². The number of alkyl halides is 3. The molecule has 3 aromatic rings. The average Bonchev–Trinajstić information content (AvgIpc) is 3.22. The van der Waals surface area contributed by atoms with Gasteiger partial charge in [0.15, 0.2) is 0 Å². The van der Waals surface area contributed by atoms with Gasteiger partial charge >= 0.3 is 6.36 Å². The molecule has 5 nitrogen and oxygen atoms in total. The molecule has 0 spiro atoms. The molecule has 9 heteroatoms. The predicted octanol–water partition coefficient (Wildman–Crippen LogP) is 7.10. The van der Waals surface area contributed by atoms with E-state index in [4.69, 9.17) is 11.6 Å². The van der Waals surface area contributed by atoms with E-state index in [-0.39, 0.29) is 11.8 Å². The molecule has 0 amide bonds. The van der Waals surface area contributed by atoms with Crippen molar-refractivity contribution in [1.29, 1.82) is 0 Å². The molecule has 0 unspecified atom stereocenters. The number of ether oxygens (including phenoxy) is 1. The Kier molecular flexibility index (Phi) is 6.41. The molecule has 0 bridgehead atoms. The van der Waals surface area contributed by atoms with Gasteiger partial charge in [0, 0.05) is 28.4 Å². The fourth-order valence-corrected chi connectivity index (χ4v) is 3.87. The molecular formula is C23H22ClF3N4O. The van der Waals surface area contributed by atoms with Crippen LogP contribution in [0.4, 0.5) is 30.6 Å². The quantitative estimate of drug-likeness (QED) is 0.409. The summed E-state index contributed by atoms with van der Waals surface area (Å²) in [6.45, 7) is 1.94. The standard InChI is InChI=1S/C23H22ClF3N4O/c1-14-9-10-16(24)12-19(14)29-21-13-20(30-22(31-21)28-17-6-2-3-7-17)15-5-4-8-18(11-15)32-23(25,26)27/h4-5,8-13,17H,2-3,6-7H2,1H3,(H2,28,29,30,31). The van der Waals surface area contributed by atoms with Crippen LogP contribution in [-0.4, -0.2) is 22.4 Å². The lowest BCUT2D eigenvalue weighted by Crippen LogP contribution is -2.17. The molecule has 1 aliphatic rings. The molecule has 0 aliphatic heterocycles. The Hall–Kier alpha value is -3.00. The van der Waals surface area contributed by atoms with E-state index in [2.05, 4.69) is 25.3 Å². The van der Waals surface area contributed by atoms with Gasteiger partial charge in [-0.3, -0.25) is 0 Å². The van der Waals surface area contributed by atoms with Gasteiger partial charge in [0.2, 0.25) is 5.95 Å². The van der Waals surface area contributed by atoms with Crippen LogP contribution in [0.15, 0.2) is 48.5 Å². The molecule has 1 aliphatic carbocycles. The number of anilines is 3. The first kappa shape index (κ1) is 22.2. The van der Waals surface area contributed by atoms with E-state index in [0.717, 1.165) is 36.9 Å². The molecule has 1 heterocycles. The maximum absolute atomic E-state index is 12.7. The first-order chi connectivity index (χ1) is 15.2. The number of hydrogen-bond donors (Lipinski definition) is 2. The summed E-state index contributed by atoms with van der Waals surface area (Å²) < 4.78 is 42.1. The monoisotopic (exact) mass is 462 g/mol. The second-order valence-corrected chi connectivity index (χ2v) is 8.18. The Morgan fingerprint density at radius 1 is 1.03 bits per heavy atom. The predicted molar refractivity (Wildman–Crippen MR) is 120 cm³/mol. The third-order valence-corrected chi connectivity index (χ3v) is 5.48. The Balaban J connectivity index is 1.70. The largest absolute Gasteiger partial charge is 0.573 e. The minimum Gasteiger partial charge on any atom is -0.406 e. The van der Waals surface area contributed by atoms with Crippen molar-refractivity contribution in [2.75, 3.05) is 10.6 Å². The van der Waals surface area contributed by atoms with E-state index in [9.17, 15) is 13.2 Å². The number of hydrogen-bond acceptors (Lipinski definition) is 5. The molecule has 168 valence electrons. The van der Waals surface area contributed by atoms with Crippen molar-refractivity contribution in [3.8, 4) is 17.0 Å². The van der Waals surface area contributed by atoms with Gasteiger partial charge in [-0.2, -0.15) is 4.98 Å². The van der Waals surface area contributed by atoms with Crippen LogP contribution in [0, 0.1) is 6.92 Å². The minimum atomic E-state index is -4.77. The zero-order valence-electron chi connectivity index (χ0n) is 17.3. The fraction of sp³-hybridized carbons (Fsp3) is 0.304. The molecule has 0 radical (unpaired) electrons. The van der Waals surface area contributed by atoms with Crippen molar-refractivity contribution >= 4 is 29.1 Å². The summed E-state index contributed by atoms with van der Waals surface area (Å²) in [5, 5.41) is 7.19. The first-order valence-electron chi connectivity index (χ1n) is 10.3. The maximum Gasteiger partial charge on any atom is 0.573 e. The van der Waals surface area contributed by atoms with Gasteiger partial charge < -0.3 is 15.4 Å². The van der Waals surface area contributed by atoms with Crippen LogP contribution in [0.25, 0.3) is 11.3 Å². The van der Waals surface area contributed by atoms with Crippen LogP contribution in [-0.2, 0) is 0 Å². The van der Waals surface area contributed by atoms with E-state index < -0.39 is 6.36 Å². The summed E-state index contributed by atoms with van der Waals surface area (Å²) in [5.74, 6) is 0.612. The number of benzene rings is 2. The summed E-state index contributed by atoms with van der Waals surface area (Å²) in [6.07, 6.45) is -0.435. The van der Waals surface area contributed by atoms with E-state index in [0.29, 0.717) is 28.0 Å². The van der Waals surface area contributed by atoms with Gasteiger partial charge in [0.25, 0.3) is 0 Å². The lowest BCUT2D eigenvalue weighted by Gasteiger charge is -2.16. The zero-order valence-corrected chi connectivity index (χ0v) is 18.1. The summed E-state index contributed by atoms with van der Waals surface area (Å²) in [7, 11) is 0. The number of halogens is 4. The van der Waals surface area contributed by atoms with Crippen LogP contribution in [0.1, 0.15) is 31.2 Å². The number of aryl methyl sites for hydroxylation is 1. The highest BCUT2D eigenvalue weighted by atomic mass is 35.5. The number of aromatic nitrogens is 2. The summed E-state index contributed by atoms with van der Waals surface area (Å²) in [6, 6.07) is 13.2. The summed E-state index contributed by atoms with van der Waals surface area (Å²) >= 11 is 6.13. The molecule has 1 fully saturated rings. The van der Waals surface area contributed by atoms with E-state index in [1.165, 1.54) is 18.2 Å². The Bertz CT molecular complexity index is 1100. The van der Waals surface area contributed by atoms with E-state index in [1.54, 1.807) is 24.3 Å². The van der Waals surface area contributed by atoms with Gasteiger partial charge in [0.1, 0.15) is 11.6 Å². The third kappa shape index (κ3) is 5.82. The van der Waals surface area contributed by atoms with Crippen molar-refractivity contribution in [2.24, 2.45) is 0 Å². The second-order valence-electron chi connectivity index (χ2n) is 7.75. The third-order valence-electron chi connectivity index (χ3n) is 5.24. The van der Waals surface area contributed by atoms with Gasteiger partial charge in [-0.1, -0.05) is 42.6 Å². The van der Waals surface area contributed by atoms with Crippen LogP contribution >= 0.6 is 11.6 Å². The van der Waals surface area contributed by atoms with E-state index >= 15 is 0 Å². The highest BCUT2D eigenvalue weighted by Gasteiger charge is 2.31. The highest BCUT2D eigenvalue weighted by molar-refractivity contribution is 6.30. The number of nitrogens with zero attached hydrogens (tertiary/aromatic N) is 2. The first-order valence-corrected chi connectivity index (χ1v) is 10.7. The topological polar surface area (TPSA) is 59.1 Å². The Morgan fingerprint density at radius 3 is 2.56 bits per heavy atom. The van der Waals surface area contributed by atoms with Crippen molar-refractivity contribution in [1.82, 2.24) is 9.97 Å². The van der Waals surface area contributed by atoms with Crippen molar-refractivity contribution < 1.29 is 17.9 Å². The molecule has 1 saturated carbocycles. The SMILES string of the molecule is Cc1ccc(Cl)cc1Nc1cc(-c2cccc(OC(F)(F)F)c2)nc(NC2CCCC2)n1. The lowest BCUT2D eigenvalue weighted by molar-refractivity contribution is -0.274. The van der Waals surface area contributed by atoms with Crippen molar-refractivity contribution in [2.45, 2.75) is 45.0 Å². The van der Waals surface area contributed by atoms with Gasteiger partial charge in [-0.05, 0) is 49.6 Å². The molecule has 2 N–H and O–H groups in total. The Morgan fingerprint density at radius 2 is 1.81 bits per heavy atom. The molecule has 0 atom stereocenters. The van der Waals surface area contributed by atoms with Gasteiger partial charge in [-0.15, -0.1) is 13.2 Å². The van der Waals surface area contributed by atoms with E-state index in [1.807, 2.05) is 13.0 Å². The fourth-order valence-electron chi connectivity index (χ4n) is 3.70. The molecule has 1 aromatic heterocycles. The van der Waals surface area contributed by atoms with Crippen LogP contribution < -0.4 is 15.4 Å². The molecule has 4 rings (SSSR count). The zero-order chi connectivity index (χ0) is 22.7. The van der Waals surface area contributed by atoms with Gasteiger partial charge in [0.05, 0.1) is 5.69 Å². The molecule has 32 heavy (non-hydrogen) atoms. The van der Waals surface area contributed by atoms with Crippen LogP contribution in [0.2, 0.25) is 5.02 Å². The average molecular weight is 463 g/mol. The van der Waals surface area contributed by atoms with Crippen molar-refractivity contribution in [3.05, 3.63) is 59.1 Å². The highest BCUT2D eigenvalue weighted by Crippen LogP contribution is 2.31. The molecule has 2 aromatic carbocycles.